The number of benzene rings is 3. The van der Waals surface area contributed by atoms with Crippen LogP contribution in [-0.4, -0.2) is 55.3 Å². The highest BCUT2D eigenvalue weighted by molar-refractivity contribution is 5.93. The number of likely N-dealkylation sites (tertiary alicyclic amines) is 1. The number of carbonyl (C=O) groups is 1. The van der Waals surface area contributed by atoms with Crippen LogP contribution in [0.5, 0.6) is 5.75 Å². The van der Waals surface area contributed by atoms with Crippen LogP contribution in [0.2, 0.25) is 0 Å². The molecule has 2 fully saturated rings. The molecule has 0 bridgehead atoms. The summed E-state index contributed by atoms with van der Waals surface area (Å²) < 4.78 is 19.9. The average Bonchev–Trinajstić information content (AvgIpc) is 3.21. The van der Waals surface area contributed by atoms with Crippen molar-refractivity contribution in [3.63, 3.8) is 0 Å². The molecule has 7 heteroatoms. The topological polar surface area (TPSA) is 48.1 Å². The van der Waals surface area contributed by atoms with E-state index in [1.807, 2.05) is 54.6 Å². The Balaban J connectivity index is 1.17. The van der Waals surface area contributed by atoms with Gasteiger partial charge in [-0.3, -0.25) is 9.69 Å². The number of hydrogen-bond donors (Lipinski definition) is 1. The molecule has 3 aromatic rings. The van der Waals surface area contributed by atoms with Crippen LogP contribution in [0.25, 0.3) is 0 Å². The summed E-state index contributed by atoms with van der Waals surface area (Å²) in [4.78, 5) is 19.8. The van der Waals surface area contributed by atoms with Crippen molar-refractivity contribution in [2.24, 2.45) is 0 Å². The van der Waals surface area contributed by atoms with Crippen LogP contribution < -0.4 is 19.9 Å². The number of ether oxygens (including phenoxy) is 1. The minimum absolute atomic E-state index is 0.0355. The average molecular weight is 473 g/mol. The Bertz CT molecular complexity index is 1200. The van der Waals surface area contributed by atoms with E-state index in [1.54, 1.807) is 0 Å². The normalized spacial score (nSPS) is 21.5. The van der Waals surface area contributed by atoms with Crippen LogP contribution in [0.1, 0.15) is 12.8 Å². The highest BCUT2D eigenvalue weighted by Gasteiger charge is 2.50. The van der Waals surface area contributed by atoms with E-state index >= 15 is 0 Å². The Labute approximate surface area is 204 Å². The van der Waals surface area contributed by atoms with Gasteiger partial charge in [-0.15, -0.1) is 0 Å². The number of hydrogen-bond acceptors (Lipinski definition) is 5. The number of nitrogens with zero attached hydrogens (tertiary/aromatic N) is 3. The zero-order chi connectivity index (χ0) is 23.8. The first-order chi connectivity index (χ1) is 17.1. The van der Waals surface area contributed by atoms with E-state index in [-0.39, 0.29) is 17.8 Å². The maximum absolute atomic E-state index is 13.5. The first kappa shape index (κ1) is 21.9. The first-order valence-electron chi connectivity index (χ1n) is 12.2. The van der Waals surface area contributed by atoms with E-state index in [0.717, 1.165) is 55.3 Å². The van der Waals surface area contributed by atoms with Crippen molar-refractivity contribution in [3.8, 4) is 5.75 Å². The third-order valence-corrected chi connectivity index (χ3v) is 7.52. The van der Waals surface area contributed by atoms with Gasteiger partial charge in [0.25, 0.3) is 0 Å². The maximum Gasteiger partial charge on any atom is 0.247 e. The predicted octanol–water partition coefficient (Wildman–Crippen LogP) is 4.15. The van der Waals surface area contributed by atoms with Crippen LogP contribution in [0.15, 0.2) is 78.9 Å². The van der Waals surface area contributed by atoms with Gasteiger partial charge < -0.3 is 19.9 Å². The smallest absolute Gasteiger partial charge is 0.247 e. The SMILES string of the molecule is O=C1NCN(c2ccccc2)C12CCN(CC1CN(c3ccc(F)cc3)c3ccccc3O1)CC2. The molecule has 2 saturated heterocycles. The van der Waals surface area contributed by atoms with Gasteiger partial charge in [0.1, 0.15) is 23.2 Å². The molecular formula is C28H29FN4O2. The third kappa shape index (κ3) is 4.00. The summed E-state index contributed by atoms with van der Waals surface area (Å²) in [6.45, 7) is 3.66. The molecule has 3 aromatic carbocycles. The predicted molar refractivity (Wildman–Crippen MR) is 135 cm³/mol. The molecule has 0 radical (unpaired) electrons. The van der Waals surface area contributed by atoms with Crippen molar-refractivity contribution in [2.75, 3.05) is 42.6 Å². The van der Waals surface area contributed by atoms with Gasteiger partial charge in [-0.2, -0.15) is 0 Å². The zero-order valence-corrected chi connectivity index (χ0v) is 19.6. The van der Waals surface area contributed by atoms with Crippen molar-refractivity contribution in [2.45, 2.75) is 24.5 Å². The summed E-state index contributed by atoms with van der Waals surface area (Å²) in [5, 5.41) is 3.07. The quantitative estimate of drug-likeness (QED) is 0.618. The van der Waals surface area contributed by atoms with E-state index in [0.29, 0.717) is 13.2 Å². The fourth-order valence-electron chi connectivity index (χ4n) is 5.69. The number of halogens is 1. The van der Waals surface area contributed by atoms with E-state index in [9.17, 15) is 9.18 Å². The van der Waals surface area contributed by atoms with Crippen molar-refractivity contribution >= 4 is 23.0 Å². The van der Waals surface area contributed by atoms with Crippen LogP contribution >= 0.6 is 0 Å². The Kier molecular flexibility index (Phi) is 5.57. The molecule has 6 nitrogen and oxygen atoms in total. The van der Waals surface area contributed by atoms with Crippen molar-refractivity contribution in [1.82, 2.24) is 10.2 Å². The zero-order valence-electron chi connectivity index (χ0n) is 19.6. The second kappa shape index (κ2) is 8.89. The molecule has 0 aromatic heterocycles. The second-order valence-corrected chi connectivity index (χ2v) is 9.55. The van der Waals surface area contributed by atoms with Crippen LogP contribution in [-0.2, 0) is 4.79 Å². The number of nitrogens with one attached hydrogen (secondary N) is 1. The summed E-state index contributed by atoms with van der Waals surface area (Å²) in [5.41, 5.74) is 2.54. The maximum atomic E-state index is 13.5. The first-order valence-corrected chi connectivity index (χ1v) is 12.2. The van der Waals surface area contributed by atoms with Crippen molar-refractivity contribution in [3.05, 3.63) is 84.7 Å². The molecule has 1 amide bonds. The number of fused-ring (bicyclic) bond motifs is 1. The standard InChI is InChI=1S/C28H29FN4O2/c29-21-10-12-22(13-11-21)32-19-24(35-26-9-5-4-8-25(26)32)18-31-16-14-28(15-17-31)27(34)30-20-33(28)23-6-2-1-3-7-23/h1-13,24H,14-20H2,(H,30,34). The molecule has 1 spiro atoms. The molecule has 3 aliphatic rings. The number of amides is 1. The molecule has 1 unspecified atom stereocenters. The number of para-hydroxylation sites is 3. The fraction of sp³-hybridized carbons (Fsp3) is 0.321. The number of carbonyl (C=O) groups excluding carboxylic acids is 1. The van der Waals surface area contributed by atoms with Gasteiger partial charge in [-0.1, -0.05) is 30.3 Å². The fourth-order valence-corrected chi connectivity index (χ4v) is 5.69. The van der Waals surface area contributed by atoms with Gasteiger partial charge in [0.2, 0.25) is 5.91 Å². The van der Waals surface area contributed by atoms with Crippen molar-refractivity contribution in [1.29, 1.82) is 0 Å². The van der Waals surface area contributed by atoms with E-state index in [1.165, 1.54) is 12.1 Å². The molecule has 1 N–H and O–H groups in total. The van der Waals surface area contributed by atoms with E-state index in [4.69, 9.17) is 4.74 Å². The number of rotatable bonds is 4. The second-order valence-electron chi connectivity index (χ2n) is 9.55. The lowest BCUT2D eigenvalue weighted by atomic mass is 9.85. The molecular weight excluding hydrogens is 443 g/mol. The van der Waals surface area contributed by atoms with Gasteiger partial charge in [-0.05, 0) is 61.4 Å². The Hall–Kier alpha value is -3.58. The van der Waals surface area contributed by atoms with Gasteiger partial charge in [0.05, 0.1) is 18.9 Å². The monoisotopic (exact) mass is 472 g/mol. The van der Waals surface area contributed by atoms with E-state index < -0.39 is 5.54 Å². The van der Waals surface area contributed by atoms with Crippen molar-refractivity contribution < 1.29 is 13.9 Å². The summed E-state index contributed by atoms with van der Waals surface area (Å²) in [6.07, 6.45) is 1.52. The summed E-state index contributed by atoms with van der Waals surface area (Å²) >= 11 is 0. The summed E-state index contributed by atoms with van der Waals surface area (Å²) in [5.74, 6) is 0.730. The summed E-state index contributed by atoms with van der Waals surface area (Å²) in [7, 11) is 0. The molecule has 180 valence electrons. The summed E-state index contributed by atoms with van der Waals surface area (Å²) in [6, 6.07) is 24.8. The molecule has 0 aliphatic carbocycles. The van der Waals surface area contributed by atoms with Gasteiger partial charge in [0.15, 0.2) is 0 Å². The highest BCUT2D eigenvalue weighted by atomic mass is 19.1. The lowest BCUT2D eigenvalue weighted by molar-refractivity contribution is -0.125. The van der Waals surface area contributed by atoms with Gasteiger partial charge in [0, 0.05) is 31.0 Å². The minimum Gasteiger partial charge on any atom is -0.485 e. The Morgan fingerprint density at radius 2 is 1.63 bits per heavy atom. The Morgan fingerprint density at radius 3 is 2.40 bits per heavy atom. The lowest BCUT2D eigenvalue weighted by Gasteiger charge is -2.45. The lowest BCUT2D eigenvalue weighted by Crippen LogP contribution is -2.57. The van der Waals surface area contributed by atoms with Crippen LogP contribution in [0, 0.1) is 5.82 Å². The third-order valence-electron chi connectivity index (χ3n) is 7.52. The molecule has 0 saturated carbocycles. The molecule has 6 rings (SSSR count). The number of piperidine rings is 1. The van der Waals surface area contributed by atoms with E-state index in [2.05, 4.69) is 32.1 Å². The largest absolute Gasteiger partial charge is 0.485 e. The minimum atomic E-state index is -0.488. The molecule has 1 atom stereocenters. The Morgan fingerprint density at radius 1 is 0.914 bits per heavy atom. The van der Waals surface area contributed by atoms with Crippen LogP contribution in [0.3, 0.4) is 0 Å². The van der Waals surface area contributed by atoms with Crippen LogP contribution in [0.4, 0.5) is 21.5 Å². The molecule has 3 heterocycles. The molecule has 3 aliphatic heterocycles. The van der Waals surface area contributed by atoms with Gasteiger partial charge >= 0.3 is 0 Å². The highest BCUT2D eigenvalue weighted by Crippen LogP contribution is 2.39. The van der Waals surface area contributed by atoms with Gasteiger partial charge in [-0.25, -0.2) is 4.39 Å². The molecule has 35 heavy (non-hydrogen) atoms. The number of anilines is 3.